The highest BCUT2D eigenvalue weighted by atomic mass is 35.5. The molecule has 1 aromatic heterocycles. The normalized spacial score (nSPS) is 19.7. The van der Waals surface area contributed by atoms with Crippen LogP contribution in [0.3, 0.4) is 0 Å². The Hall–Kier alpha value is -1.39. The third kappa shape index (κ3) is 2.02. The van der Waals surface area contributed by atoms with Crippen molar-refractivity contribution in [2.75, 3.05) is 18.0 Å². The standard InChI is InChI=1S/C13H15ClN4/c1-8-2-3-10-11(6-8)16-13(14)17-12(10)18-5-4-9(15)7-18/h2-3,6,9H,4-5,7,15H2,1H3. The molecule has 3 rings (SSSR count). The van der Waals surface area contributed by atoms with Crippen LogP contribution in [-0.2, 0) is 0 Å². The number of hydrogen-bond donors (Lipinski definition) is 1. The number of aryl methyl sites for hydroxylation is 1. The molecule has 2 aromatic rings. The molecule has 5 heteroatoms. The van der Waals surface area contributed by atoms with Crippen LogP contribution in [0.5, 0.6) is 0 Å². The van der Waals surface area contributed by atoms with Crippen LogP contribution in [0.2, 0.25) is 5.28 Å². The molecule has 1 fully saturated rings. The maximum Gasteiger partial charge on any atom is 0.224 e. The van der Waals surface area contributed by atoms with Gasteiger partial charge in [-0.3, -0.25) is 0 Å². The van der Waals surface area contributed by atoms with Gasteiger partial charge in [-0.05, 0) is 42.6 Å². The minimum Gasteiger partial charge on any atom is -0.354 e. The van der Waals surface area contributed by atoms with Gasteiger partial charge < -0.3 is 10.6 Å². The molecule has 0 amide bonds. The largest absolute Gasteiger partial charge is 0.354 e. The molecule has 0 spiro atoms. The highest BCUT2D eigenvalue weighted by Gasteiger charge is 2.22. The zero-order valence-electron chi connectivity index (χ0n) is 10.2. The van der Waals surface area contributed by atoms with Crippen molar-refractivity contribution < 1.29 is 0 Å². The number of nitrogens with two attached hydrogens (primary N) is 1. The summed E-state index contributed by atoms with van der Waals surface area (Å²) in [6, 6.07) is 6.38. The fraction of sp³-hybridized carbons (Fsp3) is 0.385. The number of rotatable bonds is 1. The maximum absolute atomic E-state index is 6.01. The van der Waals surface area contributed by atoms with Crippen molar-refractivity contribution in [3.63, 3.8) is 0 Å². The van der Waals surface area contributed by atoms with Gasteiger partial charge in [-0.1, -0.05) is 6.07 Å². The highest BCUT2D eigenvalue weighted by Crippen LogP contribution is 2.28. The summed E-state index contributed by atoms with van der Waals surface area (Å²) in [5.74, 6) is 0.901. The van der Waals surface area contributed by atoms with Gasteiger partial charge in [0.2, 0.25) is 5.28 Å². The van der Waals surface area contributed by atoms with E-state index >= 15 is 0 Å². The molecule has 94 valence electrons. The lowest BCUT2D eigenvalue weighted by Crippen LogP contribution is -2.27. The molecule has 2 N–H and O–H groups in total. The molecular weight excluding hydrogens is 248 g/mol. The van der Waals surface area contributed by atoms with E-state index in [1.54, 1.807) is 0 Å². The summed E-state index contributed by atoms with van der Waals surface area (Å²) in [5, 5.41) is 1.34. The number of halogens is 1. The van der Waals surface area contributed by atoms with Crippen LogP contribution < -0.4 is 10.6 Å². The van der Waals surface area contributed by atoms with Crippen molar-refractivity contribution >= 4 is 28.3 Å². The SMILES string of the molecule is Cc1ccc2c(N3CCC(N)C3)nc(Cl)nc2c1. The van der Waals surface area contributed by atoms with Gasteiger partial charge in [0.15, 0.2) is 0 Å². The minimum atomic E-state index is 0.222. The van der Waals surface area contributed by atoms with Crippen LogP contribution in [0, 0.1) is 6.92 Å². The Morgan fingerprint density at radius 1 is 1.39 bits per heavy atom. The van der Waals surface area contributed by atoms with E-state index in [1.165, 1.54) is 5.56 Å². The fourth-order valence-electron chi connectivity index (χ4n) is 2.42. The second-order valence-electron chi connectivity index (χ2n) is 4.83. The van der Waals surface area contributed by atoms with E-state index in [0.29, 0.717) is 5.28 Å². The average molecular weight is 263 g/mol. The third-order valence-electron chi connectivity index (χ3n) is 3.33. The summed E-state index contributed by atoms with van der Waals surface area (Å²) in [4.78, 5) is 10.8. The van der Waals surface area contributed by atoms with E-state index in [-0.39, 0.29) is 6.04 Å². The zero-order chi connectivity index (χ0) is 12.7. The Kier molecular flexibility index (Phi) is 2.84. The first-order valence-electron chi connectivity index (χ1n) is 6.08. The van der Waals surface area contributed by atoms with E-state index in [1.807, 2.05) is 13.0 Å². The molecule has 0 radical (unpaired) electrons. The zero-order valence-corrected chi connectivity index (χ0v) is 11.0. The molecule has 2 heterocycles. The van der Waals surface area contributed by atoms with Crippen LogP contribution >= 0.6 is 11.6 Å². The Morgan fingerprint density at radius 3 is 2.94 bits per heavy atom. The van der Waals surface area contributed by atoms with E-state index in [9.17, 15) is 0 Å². The fourth-order valence-corrected chi connectivity index (χ4v) is 2.59. The third-order valence-corrected chi connectivity index (χ3v) is 3.50. The number of fused-ring (bicyclic) bond motifs is 1. The Labute approximate surface area is 111 Å². The topological polar surface area (TPSA) is 55.0 Å². The van der Waals surface area contributed by atoms with Gasteiger partial charge in [0.1, 0.15) is 5.82 Å². The summed E-state index contributed by atoms with van der Waals surface area (Å²) in [6.07, 6.45) is 0.995. The summed E-state index contributed by atoms with van der Waals surface area (Å²) in [7, 11) is 0. The summed E-state index contributed by atoms with van der Waals surface area (Å²) < 4.78 is 0. The van der Waals surface area contributed by atoms with E-state index < -0.39 is 0 Å². The molecule has 4 nitrogen and oxygen atoms in total. The highest BCUT2D eigenvalue weighted by molar-refractivity contribution is 6.28. The number of benzene rings is 1. The lowest BCUT2D eigenvalue weighted by Gasteiger charge is -2.18. The van der Waals surface area contributed by atoms with E-state index in [0.717, 1.165) is 36.2 Å². The first-order chi connectivity index (χ1) is 8.63. The smallest absolute Gasteiger partial charge is 0.224 e. The minimum absolute atomic E-state index is 0.222. The monoisotopic (exact) mass is 262 g/mol. The van der Waals surface area contributed by atoms with E-state index in [4.69, 9.17) is 17.3 Å². The van der Waals surface area contributed by atoms with Gasteiger partial charge in [-0.25, -0.2) is 4.98 Å². The van der Waals surface area contributed by atoms with Gasteiger partial charge in [0.05, 0.1) is 5.52 Å². The molecule has 1 aromatic carbocycles. The van der Waals surface area contributed by atoms with Crippen LogP contribution in [0.4, 0.5) is 5.82 Å². The van der Waals surface area contributed by atoms with Crippen LogP contribution in [0.25, 0.3) is 10.9 Å². The molecule has 1 atom stereocenters. The van der Waals surface area contributed by atoms with Crippen LogP contribution in [0.15, 0.2) is 18.2 Å². The molecule has 1 unspecified atom stereocenters. The van der Waals surface area contributed by atoms with Crippen molar-refractivity contribution in [1.82, 2.24) is 9.97 Å². The molecule has 1 aliphatic rings. The molecule has 18 heavy (non-hydrogen) atoms. The molecule has 0 bridgehead atoms. The predicted octanol–water partition coefficient (Wildman–Crippen LogP) is 2.13. The Bertz CT molecular complexity index is 594. The number of nitrogens with zero attached hydrogens (tertiary/aromatic N) is 3. The first kappa shape index (κ1) is 11.7. The lowest BCUT2D eigenvalue weighted by atomic mass is 10.1. The number of aromatic nitrogens is 2. The number of anilines is 1. The second-order valence-corrected chi connectivity index (χ2v) is 5.17. The van der Waals surface area contributed by atoms with Crippen LogP contribution in [0.1, 0.15) is 12.0 Å². The molecule has 1 saturated heterocycles. The molecule has 0 aliphatic carbocycles. The van der Waals surface area contributed by atoms with Crippen molar-refractivity contribution in [2.24, 2.45) is 5.73 Å². The van der Waals surface area contributed by atoms with Crippen LogP contribution in [-0.4, -0.2) is 29.1 Å². The summed E-state index contributed by atoms with van der Waals surface area (Å²) in [6.45, 7) is 3.80. The maximum atomic E-state index is 6.01. The quantitative estimate of drug-likeness (QED) is 0.800. The average Bonchev–Trinajstić information content (AvgIpc) is 2.74. The summed E-state index contributed by atoms with van der Waals surface area (Å²) in [5.41, 5.74) is 8.01. The van der Waals surface area contributed by atoms with Gasteiger partial charge in [0.25, 0.3) is 0 Å². The lowest BCUT2D eigenvalue weighted by molar-refractivity contribution is 0.751. The predicted molar refractivity (Wildman–Crippen MR) is 74.1 cm³/mol. The van der Waals surface area contributed by atoms with Gasteiger partial charge >= 0.3 is 0 Å². The molecule has 1 aliphatic heterocycles. The number of hydrogen-bond acceptors (Lipinski definition) is 4. The van der Waals surface area contributed by atoms with Gasteiger partial charge in [-0.2, -0.15) is 4.98 Å². The van der Waals surface area contributed by atoms with Gasteiger partial charge in [-0.15, -0.1) is 0 Å². The van der Waals surface area contributed by atoms with Crippen molar-refractivity contribution in [2.45, 2.75) is 19.4 Å². The van der Waals surface area contributed by atoms with Crippen molar-refractivity contribution in [3.05, 3.63) is 29.0 Å². The Balaban J connectivity index is 2.15. The summed E-state index contributed by atoms with van der Waals surface area (Å²) >= 11 is 6.01. The van der Waals surface area contributed by atoms with E-state index in [2.05, 4.69) is 27.0 Å². The van der Waals surface area contributed by atoms with Crippen molar-refractivity contribution in [1.29, 1.82) is 0 Å². The molecule has 0 saturated carbocycles. The second kappa shape index (κ2) is 4.37. The molecular formula is C13H15ClN4. The Morgan fingerprint density at radius 2 is 2.22 bits per heavy atom. The van der Waals surface area contributed by atoms with Crippen molar-refractivity contribution in [3.8, 4) is 0 Å². The first-order valence-corrected chi connectivity index (χ1v) is 6.46. The van der Waals surface area contributed by atoms with Gasteiger partial charge in [0, 0.05) is 24.5 Å².